The molecule has 2 bridgehead atoms. The smallest absolute Gasteiger partial charge is 0.0468 e. The number of hydrogen-bond acceptors (Lipinski definition) is 1. The maximum absolute atomic E-state index is 2.54. The van der Waals surface area contributed by atoms with Gasteiger partial charge in [-0.25, -0.2) is 0 Å². The van der Waals surface area contributed by atoms with E-state index in [0.717, 1.165) is 11.8 Å². The van der Waals surface area contributed by atoms with Gasteiger partial charge < -0.3 is 4.90 Å². The third kappa shape index (κ3) is 4.03. The number of rotatable bonds is 3. The molecule has 0 radical (unpaired) electrons. The molecule has 234 valence electrons. The summed E-state index contributed by atoms with van der Waals surface area (Å²) in [5.74, 6) is 3.02. The average molecular weight is 620 g/mol. The van der Waals surface area contributed by atoms with Crippen LogP contribution in [0.3, 0.4) is 0 Å². The van der Waals surface area contributed by atoms with E-state index in [0.29, 0.717) is 11.8 Å². The van der Waals surface area contributed by atoms with Crippen molar-refractivity contribution in [2.45, 2.75) is 44.9 Å². The van der Waals surface area contributed by atoms with Gasteiger partial charge in [-0.3, -0.25) is 0 Å². The van der Waals surface area contributed by atoms with Gasteiger partial charge in [0.25, 0.3) is 0 Å². The standard InChI is InChI=1S/C47H41N/c1-30-23-36-25-31(2)26-37(24-30)47(36)45-14-8-7-13-43(45)44-29-40(20-22-46(44)47)48(38-18-17-32-9-3-4-11-34(32)27-38)39-19-21-42-35(28-39)16-15-33-10-5-6-12-41(33)42/h3-22,27-31,36-37H,23-26H2,1-2H3. The normalized spacial score (nSPS) is 24.2. The van der Waals surface area contributed by atoms with Crippen molar-refractivity contribution in [2.24, 2.45) is 23.7 Å². The monoisotopic (exact) mass is 619 g/mol. The van der Waals surface area contributed by atoms with Crippen LogP contribution in [0.4, 0.5) is 17.1 Å². The fraction of sp³-hybridized carbons (Fsp3) is 0.234. The van der Waals surface area contributed by atoms with E-state index in [4.69, 9.17) is 0 Å². The van der Waals surface area contributed by atoms with Gasteiger partial charge in [0.1, 0.15) is 0 Å². The molecule has 1 heteroatoms. The van der Waals surface area contributed by atoms with E-state index in [-0.39, 0.29) is 5.41 Å². The van der Waals surface area contributed by atoms with Crippen LogP contribution in [0.15, 0.2) is 140 Å². The van der Waals surface area contributed by atoms with Crippen LogP contribution in [0.5, 0.6) is 0 Å². The predicted octanol–water partition coefficient (Wildman–Crippen LogP) is 13.0. The summed E-state index contributed by atoms with van der Waals surface area (Å²) >= 11 is 0. The first-order chi connectivity index (χ1) is 23.6. The van der Waals surface area contributed by atoms with Gasteiger partial charge in [0.15, 0.2) is 0 Å². The maximum Gasteiger partial charge on any atom is 0.0468 e. The molecule has 2 fully saturated rings. The first-order valence-electron chi connectivity index (χ1n) is 18.0. The topological polar surface area (TPSA) is 3.24 Å². The second kappa shape index (κ2) is 10.6. The van der Waals surface area contributed by atoms with Crippen LogP contribution in [0.25, 0.3) is 43.4 Å². The van der Waals surface area contributed by atoms with Crippen LogP contribution >= 0.6 is 0 Å². The summed E-state index contributed by atoms with van der Waals surface area (Å²) in [5, 5.41) is 7.68. The molecule has 2 saturated carbocycles. The first kappa shape index (κ1) is 28.2. The van der Waals surface area contributed by atoms with Crippen molar-refractivity contribution in [3.8, 4) is 11.1 Å². The molecule has 0 amide bonds. The molecule has 48 heavy (non-hydrogen) atoms. The molecule has 0 aromatic heterocycles. The number of anilines is 3. The highest BCUT2D eigenvalue weighted by Crippen LogP contribution is 2.66. The molecule has 1 nitrogen and oxygen atoms in total. The lowest BCUT2D eigenvalue weighted by Gasteiger charge is -2.56. The summed E-state index contributed by atoms with van der Waals surface area (Å²) in [7, 11) is 0. The lowest BCUT2D eigenvalue weighted by molar-refractivity contribution is 0.0299. The third-order valence-electron chi connectivity index (χ3n) is 12.4. The Morgan fingerprint density at radius 2 is 0.958 bits per heavy atom. The third-order valence-corrected chi connectivity index (χ3v) is 12.4. The molecular formula is C47H41N. The van der Waals surface area contributed by atoms with E-state index in [1.54, 1.807) is 11.1 Å². The summed E-state index contributed by atoms with van der Waals surface area (Å²) in [5.41, 5.74) is 9.82. The van der Waals surface area contributed by atoms with Gasteiger partial charge in [0.05, 0.1) is 0 Å². The zero-order chi connectivity index (χ0) is 32.0. The molecule has 0 heterocycles. The zero-order valence-electron chi connectivity index (χ0n) is 27.9. The summed E-state index contributed by atoms with van der Waals surface area (Å²) in [6, 6.07) is 52.9. The molecule has 1 spiro atoms. The lowest BCUT2D eigenvalue weighted by Crippen LogP contribution is -2.51. The highest BCUT2D eigenvalue weighted by Gasteiger charge is 2.58. The minimum absolute atomic E-state index is 0.140. The van der Waals surface area contributed by atoms with Gasteiger partial charge in [0, 0.05) is 22.5 Å². The molecule has 7 aromatic rings. The van der Waals surface area contributed by atoms with Crippen LogP contribution in [0.2, 0.25) is 0 Å². The van der Waals surface area contributed by atoms with Crippen LogP contribution < -0.4 is 4.90 Å². The van der Waals surface area contributed by atoms with E-state index >= 15 is 0 Å². The fourth-order valence-electron chi connectivity index (χ4n) is 10.7. The Bertz CT molecular complexity index is 2350. The fourth-order valence-corrected chi connectivity index (χ4v) is 10.7. The first-order valence-corrected chi connectivity index (χ1v) is 18.0. The number of hydrogen-bond donors (Lipinski definition) is 0. The van der Waals surface area contributed by atoms with Crippen LogP contribution in [-0.2, 0) is 5.41 Å². The van der Waals surface area contributed by atoms with Crippen molar-refractivity contribution < 1.29 is 0 Å². The van der Waals surface area contributed by atoms with E-state index in [1.165, 1.54) is 86.2 Å². The van der Waals surface area contributed by atoms with Gasteiger partial charge in [-0.05, 0) is 140 Å². The largest absolute Gasteiger partial charge is 0.310 e. The molecule has 3 aliphatic rings. The van der Waals surface area contributed by atoms with Gasteiger partial charge in [0.2, 0.25) is 0 Å². The SMILES string of the molecule is CC1CC2CC(C)CC(C1)C21c2ccccc2-c2cc(N(c3ccc4ccccc4c3)c3ccc4c(ccc5ccccc54)c3)ccc21. The Labute approximate surface area is 283 Å². The van der Waals surface area contributed by atoms with Gasteiger partial charge >= 0.3 is 0 Å². The van der Waals surface area contributed by atoms with Crippen molar-refractivity contribution in [1.82, 2.24) is 0 Å². The number of fused-ring (bicyclic) bond motifs is 7. The Kier molecular flexibility index (Phi) is 6.20. The average Bonchev–Trinajstić information content (AvgIpc) is 3.39. The van der Waals surface area contributed by atoms with E-state index in [1.807, 2.05) is 0 Å². The summed E-state index contributed by atoms with van der Waals surface area (Å²) in [4.78, 5) is 2.49. The molecule has 0 atom stereocenters. The molecule has 0 unspecified atom stereocenters. The Balaban J connectivity index is 1.19. The molecule has 7 aromatic carbocycles. The minimum atomic E-state index is 0.140. The number of benzene rings is 7. The van der Waals surface area contributed by atoms with Gasteiger partial charge in [-0.15, -0.1) is 0 Å². The second-order valence-corrected chi connectivity index (χ2v) is 15.3. The Hall–Kier alpha value is -4.88. The predicted molar refractivity (Wildman–Crippen MR) is 204 cm³/mol. The number of nitrogens with zero attached hydrogens (tertiary/aromatic N) is 1. The quantitative estimate of drug-likeness (QED) is 0.178. The highest BCUT2D eigenvalue weighted by atomic mass is 15.1. The maximum atomic E-state index is 2.54. The Morgan fingerprint density at radius 1 is 0.438 bits per heavy atom. The highest BCUT2D eigenvalue weighted by molar-refractivity contribution is 6.08. The summed E-state index contributed by atoms with van der Waals surface area (Å²) in [6.45, 7) is 5.00. The van der Waals surface area contributed by atoms with Crippen molar-refractivity contribution >= 4 is 49.4 Å². The molecule has 0 N–H and O–H groups in total. The van der Waals surface area contributed by atoms with Gasteiger partial charge in [-0.2, -0.15) is 0 Å². The van der Waals surface area contributed by atoms with E-state index in [2.05, 4.69) is 158 Å². The summed E-state index contributed by atoms with van der Waals surface area (Å²) in [6.07, 6.45) is 5.35. The Morgan fingerprint density at radius 3 is 1.75 bits per heavy atom. The molecule has 10 rings (SSSR count). The summed E-state index contributed by atoms with van der Waals surface area (Å²) < 4.78 is 0. The van der Waals surface area contributed by atoms with Crippen LogP contribution in [0, 0.1) is 23.7 Å². The van der Waals surface area contributed by atoms with Crippen molar-refractivity contribution in [3.63, 3.8) is 0 Å². The second-order valence-electron chi connectivity index (χ2n) is 15.3. The molecule has 3 aliphatic carbocycles. The van der Waals surface area contributed by atoms with E-state index < -0.39 is 0 Å². The minimum Gasteiger partial charge on any atom is -0.310 e. The molecule has 0 saturated heterocycles. The van der Waals surface area contributed by atoms with Crippen LogP contribution in [0.1, 0.15) is 50.7 Å². The van der Waals surface area contributed by atoms with Crippen LogP contribution in [-0.4, -0.2) is 0 Å². The van der Waals surface area contributed by atoms with Crippen molar-refractivity contribution in [2.75, 3.05) is 4.90 Å². The van der Waals surface area contributed by atoms with Crippen molar-refractivity contribution in [3.05, 3.63) is 151 Å². The van der Waals surface area contributed by atoms with E-state index in [9.17, 15) is 0 Å². The van der Waals surface area contributed by atoms with Crippen molar-refractivity contribution in [1.29, 1.82) is 0 Å². The molecular weight excluding hydrogens is 579 g/mol. The zero-order valence-corrected chi connectivity index (χ0v) is 27.9. The molecule has 0 aliphatic heterocycles. The lowest BCUT2D eigenvalue weighted by atomic mass is 9.48. The van der Waals surface area contributed by atoms with Gasteiger partial charge in [-0.1, -0.05) is 117 Å².